The number of carboxylic acid groups (broad SMARTS) is 1. The van der Waals surface area contributed by atoms with Crippen molar-refractivity contribution in [2.75, 3.05) is 33.2 Å². The van der Waals surface area contributed by atoms with E-state index in [9.17, 15) is 24.9 Å². The molecule has 0 bridgehead atoms. The molecule has 7 unspecified atom stereocenters. The van der Waals surface area contributed by atoms with Gasteiger partial charge in [0.25, 0.3) is 0 Å². The van der Waals surface area contributed by atoms with E-state index < -0.39 is 61.8 Å². The van der Waals surface area contributed by atoms with Gasteiger partial charge in [-0.3, -0.25) is 9.59 Å². The van der Waals surface area contributed by atoms with Gasteiger partial charge in [-0.2, -0.15) is 4.89 Å². The van der Waals surface area contributed by atoms with Crippen molar-refractivity contribution >= 4 is 11.9 Å². The minimum atomic E-state index is -1.68. The maximum atomic E-state index is 11.9. The van der Waals surface area contributed by atoms with Crippen LogP contribution in [0.4, 0.5) is 0 Å². The molecule has 0 radical (unpaired) electrons. The predicted octanol–water partition coefficient (Wildman–Crippen LogP) is 4.37. The van der Waals surface area contributed by atoms with Crippen LogP contribution in [0.25, 0.3) is 0 Å². The van der Waals surface area contributed by atoms with Crippen molar-refractivity contribution in [3.8, 4) is 34.5 Å². The van der Waals surface area contributed by atoms with Crippen molar-refractivity contribution in [2.45, 2.75) is 108 Å². The van der Waals surface area contributed by atoms with Gasteiger partial charge in [-0.05, 0) is 66.1 Å². The van der Waals surface area contributed by atoms with Crippen LogP contribution >= 0.6 is 0 Å². The Kier molecular flexibility index (Phi) is 12.6. The summed E-state index contributed by atoms with van der Waals surface area (Å²) in [6, 6.07) is 11.2. The van der Waals surface area contributed by atoms with E-state index >= 15 is 0 Å². The number of hydrogen-bond donors (Lipinski definition) is 5. The number of rotatable bonds is 16. The average molecular weight is 836 g/mol. The van der Waals surface area contributed by atoms with Crippen LogP contribution in [-0.4, -0.2) is 96.2 Å². The fourth-order valence-corrected chi connectivity index (χ4v) is 8.97. The molecule has 1 saturated heterocycles. The number of carbonyl (C=O) groups is 2. The number of esters is 1. The normalized spacial score (nSPS) is 25.3. The molecular weight excluding hydrogens is 782 g/mol. The predicted molar refractivity (Wildman–Crippen MR) is 210 cm³/mol. The fraction of sp³-hybridized carbons (Fsp3) is 0.545. The number of aliphatic hydroxyl groups excluding tert-OH is 2. The van der Waals surface area contributed by atoms with Crippen molar-refractivity contribution in [3.63, 3.8) is 0 Å². The van der Waals surface area contributed by atoms with Gasteiger partial charge in [-0.15, -0.1) is 0 Å². The Balaban J connectivity index is 1.10. The lowest BCUT2D eigenvalue weighted by Crippen LogP contribution is -2.60. The van der Waals surface area contributed by atoms with E-state index in [0.717, 1.165) is 47.3 Å². The Morgan fingerprint density at radius 1 is 0.933 bits per heavy atom. The van der Waals surface area contributed by atoms with Gasteiger partial charge in [0.1, 0.15) is 54.7 Å². The topological polar surface area (TPSA) is 224 Å². The number of phenolic OH excluding ortho intramolecular Hbond substituents is 1. The SMILES string of the molecule is CC(C)Cc1c2c(cc3c1OC1c4cc(OOC5C(OCCN)OC(COC(=O)CC(=O)O)C(O)C5O)c(Cc5cc(O)cc(CC6CCCC6)c5)cc4OCC31)OCO2. The molecule has 2 fully saturated rings. The van der Waals surface area contributed by atoms with Crippen LogP contribution in [-0.2, 0) is 47.9 Å². The molecule has 4 heterocycles. The number of carbonyl (C=O) groups excluding carboxylic acids is 1. The Morgan fingerprint density at radius 3 is 2.50 bits per heavy atom. The molecule has 60 heavy (non-hydrogen) atoms. The van der Waals surface area contributed by atoms with Gasteiger partial charge >= 0.3 is 11.9 Å². The van der Waals surface area contributed by atoms with E-state index in [-0.39, 0.29) is 37.4 Å². The highest BCUT2D eigenvalue weighted by Gasteiger charge is 2.48. The molecule has 0 amide bonds. The van der Waals surface area contributed by atoms with Gasteiger partial charge in [0, 0.05) is 35.2 Å². The van der Waals surface area contributed by atoms with E-state index in [4.69, 9.17) is 53.8 Å². The first-order valence-electron chi connectivity index (χ1n) is 20.7. The first kappa shape index (κ1) is 41.9. The van der Waals surface area contributed by atoms with E-state index in [0.29, 0.717) is 59.7 Å². The smallest absolute Gasteiger partial charge is 0.317 e. The summed E-state index contributed by atoms with van der Waals surface area (Å²) >= 11 is 0. The van der Waals surface area contributed by atoms with Crippen LogP contribution < -0.4 is 29.6 Å². The van der Waals surface area contributed by atoms with Gasteiger partial charge in [-0.1, -0.05) is 45.6 Å². The second kappa shape index (κ2) is 18.0. The first-order chi connectivity index (χ1) is 28.9. The molecule has 4 aliphatic heterocycles. The monoisotopic (exact) mass is 835 g/mol. The molecule has 5 aliphatic rings. The molecule has 1 aliphatic carbocycles. The third kappa shape index (κ3) is 8.94. The lowest BCUT2D eigenvalue weighted by molar-refractivity contribution is -0.372. The maximum absolute atomic E-state index is 11.9. The summed E-state index contributed by atoms with van der Waals surface area (Å²) in [6.45, 7) is 4.24. The molecule has 8 rings (SSSR count). The Morgan fingerprint density at radius 2 is 1.73 bits per heavy atom. The molecular formula is C44H53NO15. The second-order valence-electron chi connectivity index (χ2n) is 16.7. The van der Waals surface area contributed by atoms with E-state index in [1.54, 1.807) is 12.1 Å². The van der Waals surface area contributed by atoms with Crippen LogP contribution in [0, 0.1) is 11.8 Å². The van der Waals surface area contributed by atoms with Gasteiger partial charge in [0.2, 0.25) is 6.79 Å². The lowest BCUT2D eigenvalue weighted by atomic mass is 9.86. The van der Waals surface area contributed by atoms with Crippen LogP contribution in [0.3, 0.4) is 0 Å². The minimum absolute atomic E-state index is 0.0275. The molecule has 1 saturated carbocycles. The van der Waals surface area contributed by atoms with Crippen molar-refractivity contribution in [1.82, 2.24) is 0 Å². The highest BCUT2D eigenvalue weighted by Crippen LogP contribution is 2.57. The molecule has 16 nitrogen and oxygen atoms in total. The Labute approximate surface area is 347 Å². The highest BCUT2D eigenvalue weighted by molar-refractivity contribution is 5.90. The lowest BCUT2D eigenvalue weighted by Gasteiger charge is -2.41. The number of aliphatic hydroxyl groups is 2. The second-order valence-corrected chi connectivity index (χ2v) is 16.7. The maximum Gasteiger partial charge on any atom is 0.317 e. The largest absolute Gasteiger partial charge is 0.508 e. The van der Waals surface area contributed by atoms with Gasteiger partial charge in [-0.25, -0.2) is 0 Å². The van der Waals surface area contributed by atoms with E-state index in [1.807, 2.05) is 18.2 Å². The Hall–Kier alpha value is -4.84. The zero-order valence-corrected chi connectivity index (χ0v) is 33.7. The van der Waals surface area contributed by atoms with E-state index in [1.165, 1.54) is 12.8 Å². The van der Waals surface area contributed by atoms with Crippen LogP contribution in [0.2, 0.25) is 0 Å². The number of phenols is 1. The number of aromatic hydroxyl groups is 1. The summed E-state index contributed by atoms with van der Waals surface area (Å²) < 4.78 is 41.7. The number of fused-ring (bicyclic) bond motifs is 6. The van der Waals surface area contributed by atoms with Gasteiger partial charge in [0.15, 0.2) is 29.6 Å². The number of carboxylic acids is 1. The van der Waals surface area contributed by atoms with Crippen molar-refractivity contribution in [1.29, 1.82) is 0 Å². The first-order valence-corrected chi connectivity index (χ1v) is 20.7. The van der Waals surface area contributed by atoms with Crippen LogP contribution in [0.1, 0.15) is 91.4 Å². The third-order valence-electron chi connectivity index (χ3n) is 11.7. The summed E-state index contributed by atoms with van der Waals surface area (Å²) in [7, 11) is 0. The molecule has 3 aromatic carbocycles. The zero-order chi connectivity index (χ0) is 42.1. The quantitative estimate of drug-likeness (QED) is 0.0585. The molecule has 0 spiro atoms. The van der Waals surface area contributed by atoms with Gasteiger partial charge in [0.05, 0.1) is 19.1 Å². The van der Waals surface area contributed by atoms with Crippen LogP contribution in [0.15, 0.2) is 36.4 Å². The summed E-state index contributed by atoms with van der Waals surface area (Å²) in [5.74, 6) is 1.37. The third-order valence-corrected chi connectivity index (χ3v) is 11.7. The van der Waals surface area contributed by atoms with Crippen LogP contribution in [0.5, 0.6) is 34.5 Å². The standard InChI is InChI=1S/C44H53NO15/c1-22(2)9-30-40-28(16-34-42(30)56-21-55-34)31-19-53-33-15-26(12-25-11-24(13-27(46)14-25)10-23-5-3-4-6-23)32(17-29(33)41(31)58-40)59-60-43-39(51)38(50)35(57-44(43)52-8-7-45)20-54-37(49)18-36(47)48/h11,13-17,22-23,31,35,38-39,41,43-44,46,50-51H,3-10,12,18-21,45H2,1-2H3,(H,47,48). The summed E-state index contributed by atoms with van der Waals surface area (Å²) in [6.07, 6.45) is -2.14. The zero-order valence-electron chi connectivity index (χ0n) is 33.7. The molecule has 3 aromatic rings. The summed E-state index contributed by atoms with van der Waals surface area (Å²) in [5, 5.41) is 42.2. The van der Waals surface area contributed by atoms with Crippen molar-refractivity contribution in [3.05, 3.63) is 69.8 Å². The highest BCUT2D eigenvalue weighted by atomic mass is 17.2. The Bertz CT molecular complexity index is 2050. The molecule has 7 atom stereocenters. The van der Waals surface area contributed by atoms with Crippen molar-refractivity contribution in [2.24, 2.45) is 17.6 Å². The number of ether oxygens (including phenoxy) is 7. The minimum Gasteiger partial charge on any atom is -0.508 e. The van der Waals surface area contributed by atoms with Crippen molar-refractivity contribution < 1.29 is 72.9 Å². The summed E-state index contributed by atoms with van der Waals surface area (Å²) in [5.41, 5.74) is 10.8. The number of aliphatic carboxylic acids is 1. The fourth-order valence-electron chi connectivity index (χ4n) is 8.97. The number of benzene rings is 3. The van der Waals surface area contributed by atoms with Gasteiger partial charge < -0.3 is 64.2 Å². The molecule has 6 N–H and O–H groups in total. The number of nitrogens with two attached hydrogens (primary N) is 1. The van der Waals surface area contributed by atoms with E-state index in [2.05, 4.69) is 19.9 Å². The molecule has 0 aromatic heterocycles. The molecule has 16 heteroatoms. The average Bonchev–Trinajstić information content (AvgIpc) is 3.98. The number of hydrogen-bond acceptors (Lipinski definition) is 15. The molecule has 324 valence electrons. The summed E-state index contributed by atoms with van der Waals surface area (Å²) in [4.78, 5) is 35.0.